The van der Waals surface area contributed by atoms with Crippen LogP contribution in [0.15, 0.2) is 41.9 Å². The van der Waals surface area contributed by atoms with Crippen LogP contribution >= 0.6 is 11.3 Å². The van der Waals surface area contributed by atoms with Crippen LogP contribution in [0, 0.1) is 11.3 Å². The van der Waals surface area contributed by atoms with E-state index >= 15 is 0 Å². The molecule has 1 fully saturated rings. The van der Waals surface area contributed by atoms with Crippen LogP contribution in [0.3, 0.4) is 0 Å². The van der Waals surface area contributed by atoms with E-state index in [0.29, 0.717) is 37.4 Å². The van der Waals surface area contributed by atoms with Gasteiger partial charge >= 0.3 is 12.0 Å². The maximum absolute atomic E-state index is 14.5. The molecule has 2 aliphatic rings. The minimum Gasteiger partial charge on any atom is -0.464 e. The average Bonchev–Trinajstić information content (AvgIpc) is 3.82. The van der Waals surface area contributed by atoms with Gasteiger partial charge in [0.15, 0.2) is 0 Å². The normalized spacial score (nSPS) is 19.5. The van der Waals surface area contributed by atoms with Crippen molar-refractivity contribution in [1.82, 2.24) is 45.2 Å². The van der Waals surface area contributed by atoms with Crippen LogP contribution in [0.5, 0.6) is 0 Å². The fourth-order valence-corrected chi connectivity index (χ4v) is 9.12. The SMILES string of the molecule is CCn1c(-c2cccnc2[C@H](C)OC)c2c3cc(ccc31)-c1csc(n1)C[C@H](NC(=O)C(C(C)C)N(C)C(=O)N(C)N(C)C)C(=O)N1CCC[C@H](N1)C(=O)OCC(C)(C)C2. The Labute approximate surface area is 357 Å². The Bertz CT molecular complexity index is 2220. The molecule has 6 bridgehead atoms. The van der Waals surface area contributed by atoms with Crippen LogP contribution in [-0.2, 0) is 43.2 Å². The zero-order chi connectivity index (χ0) is 43.6. The van der Waals surface area contributed by atoms with Gasteiger partial charge in [0.25, 0.3) is 5.91 Å². The number of hydrazine groups is 2. The standard InChI is InChI=1S/C44H61N9O6S/c1-12-52-35-18-17-28-21-30(35)31(39(52)29-15-13-19-45-37(29)27(4)58-11)23-44(5,6)25-59-42(56)32-16-14-20-53(48-32)41(55)33(22-36-46-34(28)24-60-36)47-40(54)38(26(2)3)50(9)43(57)51(10)49(7)8/h13,15,17-19,21,24,26-27,32-33,38,48H,12,14,16,20,22-23,25H2,1-11H3,(H,47,54)/t27-,32-,33-,38?/m0/s1. The summed E-state index contributed by atoms with van der Waals surface area (Å²) in [5, 5.41) is 11.2. The van der Waals surface area contributed by atoms with E-state index in [2.05, 4.69) is 60.3 Å². The molecule has 4 aromatic rings. The summed E-state index contributed by atoms with van der Waals surface area (Å²) in [4.78, 5) is 67.1. The molecule has 1 aromatic carbocycles. The van der Waals surface area contributed by atoms with Crippen molar-refractivity contribution >= 4 is 46.1 Å². The molecule has 0 spiro atoms. The first-order valence-corrected chi connectivity index (χ1v) is 21.6. The number of methoxy groups -OCH3 is 1. The number of likely N-dealkylation sites (N-methyl/N-ethyl adjacent to an activating group) is 1. The highest BCUT2D eigenvalue weighted by molar-refractivity contribution is 7.10. The van der Waals surface area contributed by atoms with Crippen molar-refractivity contribution in [2.45, 2.75) is 98.0 Å². The second-order valence-electron chi connectivity index (χ2n) is 17.2. The molecular weight excluding hydrogens is 783 g/mol. The summed E-state index contributed by atoms with van der Waals surface area (Å²) in [5.74, 6) is -1.59. The number of aromatic nitrogens is 3. The molecule has 16 heteroatoms. The molecular formula is C44H61N9O6S. The van der Waals surface area contributed by atoms with Crippen LogP contribution in [0.2, 0.25) is 0 Å². The van der Waals surface area contributed by atoms with Crippen molar-refractivity contribution in [2.24, 2.45) is 11.3 Å². The maximum atomic E-state index is 14.5. The van der Waals surface area contributed by atoms with Gasteiger partial charge in [0.2, 0.25) is 5.91 Å². The van der Waals surface area contributed by atoms with Crippen LogP contribution in [-0.4, -0.2) is 125 Å². The van der Waals surface area contributed by atoms with Crippen molar-refractivity contribution < 1.29 is 28.7 Å². The number of carbonyl (C=O) groups is 4. The summed E-state index contributed by atoms with van der Waals surface area (Å²) in [7, 11) is 8.39. The lowest BCUT2D eigenvalue weighted by molar-refractivity contribution is -0.155. The number of ether oxygens (including phenoxy) is 2. The Morgan fingerprint density at radius 2 is 1.88 bits per heavy atom. The highest BCUT2D eigenvalue weighted by Gasteiger charge is 2.38. The number of cyclic esters (lactones) is 1. The molecule has 2 aliphatic heterocycles. The predicted octanol–water partition coefficient (Wildman–Crippen LogP) is 5.69. The number of aryl methyl sites for hydroxylation is 1. The minimum atomic E-state index is -1.05. The van der Waals surface area contributed by atoms with E-state index in [1.165, 1.54) is 26.3 Å². The molecule has 0 radical (unpaired) electrons. The van der Waals surface area contributed by atoms with Gasteiger partial charge in [0, 0.05) is 93.8 Å². The second-order valence-corrected chi connectivity index (χ2v) is 18.2. The summed E-state index contributed by atoms with van der Waals surface area (Å²) in [6.45, 7) is 13.2. The summed E-state index contributed by atoms with van der Waals surface area (Å²) < 4.78 is 14.2. The number of benzene rings is 1. The lowest BCUT2D eigenvalue weighted by Crippen LogP contribution is -2.62. The second kappa shape index (κ2) is 18.4. The van der Waals surface area contributed by atoms with Gasteiger partial charge in [-0.05, 0) is 68.9 Å². The molecule has 60 heavy (non-hydrogen) atoms. The van der Waals surface area contributed by atoms with Crippen LogP contribution in [0.1, 0.15) is 76.8 Å². The number of hydrogen-bond donors (Lipinski definition) is 2. The fourth-order valence-electron chi connectivity index (χ4n) is 8.27. The number of nitrogens with one attached hydrogen (secondary N) is 2. The molecule has 5 heterocycles. The molecule has 0 saturated carbocycles. The Balaban J connectivity index is 1.45. The number of rotatable bonds is 9. The van der Waals surface area contributed by atoms with Gasteiger partial charge in [-0.25, -0.2) is 20.2 Å². The van der Waals surface area contributed by atoms with Gasteiger partial charge in [0.05, 0.1) is 34.8 Å². The van der Waals surface area contributed by atoms with E-state index in [1.807, 2.05) is 32.2 Å². The van der Waals surface area contributed by atoms with Crippen LogP contribution < -0.4 is 10.7 Å². The van der Waals surface area contributed by atoms with E-state index in [9.17, 15) is 19.2 Å². The maximum Gasteiger partial charge on any atom is 0.334 e. The number of carbonyl (C=O) groups excluding carboxylic acids is 4. The van der Waals surface area contributed by atoms with E-state index in [1.54, 1.807) is 46.5 Å². The first-order valence-electron chi connectivity index (χ1n) is 20.8. The average molecular weight is 844 g/mol. The van der Waals surface area contributed by atoms with E-state index in [4.69, 9.17) is 19.4 Å². The Morgan fingerprint density at radius 1 is 1.13 bits per heavy atom. The van der Waals surface area contributed by atoms with Gasteiger partial charge in [0.1, 0.15) is 18.1 Å². The molecule has 1 saturated heterocycles. The number of amides is 4. The summed E-state index contributed by atoms with van der Waals surface area (Å²) in [6, 6.07) is 7.36. The first-order chi connectivity index (χ1) is 28.5. The van der Waals surface area contributed by atoms with Crippen molar-refractivity contribution in [1.29, 1.82) is 0 Å². The van der Waals surface area contributed by atoms with E-state index in [-0.39, 0.29) is 31.1 Å². The van der Waals surface area contributed by atoms with Crippen molar-refractivity contribution in [2.75, 3.05) is 48.5 Å². The number of hydrogen-bond acceptors (Lipinski definition) is 11. The first kappa shape index (κ1) is 44.6. The number of nitrogens with zero attached hydrogens (tertiary/aromatic N) is 7. The lowest BCUT2D eigenvalue weighted by atomic mass is 9.84. The van der Waals surface area contributed by atoms with Crippen LogP contribution in [0.4, 0.5) is 4.79 Å². The van der Waals surface area contributed by atoms with Crippen molar-refractivity contribution in [3.05, 3.63) is 58.2 Å². The number of urea groups is 1. The molecule has 4 atom stereocenters. The molecule has 4 amide bonds. The molecule has 0 aliphatic carbocycles. The quantitative estimate of drug-likeness (QED) is 0.159. The predicted molar refractivity (Wildman–Crippen MR) is 233 cm³/mol. The molecule has 2 N–H and O–H groups in total. The van der Waals surface area contributed by atoms with Gasteiger partial charge in [-0.15, -0.1) is 11.3 Å². The van der Waals surface area contributed by atoms with E-state index in [0.717, 1.165) is 44.7 Å². The largest absolute Gasteiger partial charge is 0.464 e. The van der Waals surface area contributed by atoms with Crippen molar-refractivity contribution in [3.63, 3.8) is 0 Å². The molecule has 3 aromatic heterocycles. The van der Waals surface area contributed by atoms with Gasteiger partial charge < -0.3 is 24.3 Å². The monoisotopic (exact) mass is 843 g/mol. The summed E-state index contributed by atoms with van der Waals surface area (Å²) in [5.41, 5.74) is 9.34. The summed E-state index contributed by atoms with van der Waals surface area (Å²) in [6.07, 6.45) is 3.27. The zero-order valence-electron chi connectivity index (χ0n) is 36.9. The molecule has 15 nitrogen and oxygen atoms in total. The fraction of sp³-hybridized carbons (Fsp3) is 0.545. The van der Waals surface area contributed by atoms with Crippen LogP contribution in [0.25, 0.3) is 33.4 Å². The zero-order valence-corrected chi connectivity index (χ0v) is 37.7. The third-order valence-corrected chi connectivity index (χ3v) is 12.5. The number of esters is 1. The highest BCUT2D eigenvalue weighted by atomic mass is 32.1. The van der Waals surface area contributed by atoms with E-state index < -0.39 is 41.3 Å². The van der Waals surface area contributed by atoms with Gasteiger partial charge in [-0.1, -0.05) is 33.8 Å². The minimum absolute atomic E-state index is 0.0993. The molecule has 6 rings (SSSR count). The number of fused-ring (bicyclic) bond motifs is 6. The van der Waals surface area contributed by atoms with Gasteiger partial charge in [-0.3, -0.25) is 29.4 Å². The Hall–Kier alpha value is -4.90. The smallest absolute Gasteiger partial charge is 0.334 e. The lowest BCUT2D eigenvalue weighted by Gasteiger charge is -2.37. The number of thiazole rings is 1. The Kier molecular flexibility index (Phi) is 13.7. The Morgan fingerprint density at radius 3 is 2.57 bits per heavy atom. The third-order valence-electron chi connectivity index (χ3n) is 11.7. The van der Waals surface area contributed by atoms with Crippen molar-refractivity contribution in [3.8, 4) is 22.5 Å². The molecule has 1 unspecified atom stereocenters. The van der Waals surface area contributed by atoms with Gasteiger partial charge in [-0.2, -0.15) is 0 Å². The topological polar surface area (TPSA) is 154 Å². The third kappa shape index (κ3) is 9.21. The number of pyridine rings is 1. The molecule has 324 valence electrons. The summed E-state index contributed by atoms with van der Waals surface area (Å²) >= 11 is 1.42. The highest BCUT2D eigenvalue weighted by Crippen LogP contribution is 2.42.